The van der Waals surface area contributed by atoms with Crippen molar-refractivity contribution in [3.8, 4) is 5.75 Å². The number of ether oxygens (including phenoxy) is 1. The molecule has 1 aromatic carbocycles. The van der Waals surface area contributed by atoms with Gasteiger partial charge in [-0.2, -0.15) is 13.5 Å². The quantitative estimate of drug-likeness (QED) is 0.0459. The number of aryl methyl sites for hydroxylation is 1. The first-order chi connectivity index (χ1) is 23.2. The first-order valence-electron chi connectivity index (χ1n) is 15.7. The summed E-state index contributed by atoms with van der Waals surface area (Å²) in [6, 6.07) is 4.20. The zero-order valence-corrected chi connectivity index (χ0v) is 29.5. The third-order valence-corrected chi connectivity index (χ3v) is 10.0. The first kappa shape index (κ1) is 37.3. The Balaban J connectivity index is 1.25. The third-order valence-electron chi connectivity index (χ3n) is 9.01. The number of oxime groups is 1. The number of aliphatic imine (C=N–C) groups is 1. The minimum Gasteiger partial charge on any atom is -0.486 e. The van der Waals surface area contributed by atoms with Crippen LogP contribution in [-0.2, 0) is 35.5 Å². The number of rotatable bonds is 13. The van der Waals surface area contributed by atoms with E-state index in [-0.39, 0.29) is 29.2 Å². The minimum absolute atomic E-state index is 0.0803. The average Bonchev–Trinajstić information content (AvgIpc) is 3.45. The number of aliphatic hydroxyl groups is 2. The number of aromatic nitrogens is 1. The fourth-order valence-electron chi connectivity index (χ4n) is 6.22. The van der Waals surface area contributed by atoms with Crippen LogP contribution in [0.15, 0.2) is 33.7 Å². The van der Waals surface area contributed by atoms with Crippen molar-refractivity contribution in [3.63, 3.8) is 0 Å². The van der Waals surface area contributed by atoms with Crippen LogP contribution < -0.4 is 27.3 Å². The molecule has 1 aromatic heterocycles. The van der Waals surface area contributed by atoms with Crippen LogP contribution >= 0.6 is 11.3 Å². The Hall–Kier alpha value is -3.92. The molecule has 1 aliphatic carbocycles. The molecule has 2 aliphatic heterocycles. The lowest BCUT2D eigenvalue weighted by molar-refractivity contribution is -0.218. The van der Waals surface area contributed by atoms with Gasteiger partial charge in [-0.1, -0.05) is 5.16 Å². The fourth-order valence-corrected chi connectivity index (χ4v) is 7.22. The summed E-state index contributed by atoms with van der Waals surface area (Å²) in [6.45, 7) is 6.01. The summed E-state index contributed by atoms with van der Waals surface area (Å²) in [4.78, 5) is 40.7. The number of hydrogen-bond acceptors (Lipinski definition) is 15. The number of β-lactam (4-membered cyclic amide) rings is 1. The first-order valence-corrected chi connectivity index (χ1v) is 18.0. The van der Waals surface area contributed by atoms with E-state index in [0.29, 0.717) is 48.8 Å². The average molecular weight is 739 g/mol. The maximum Gasteiger partial charge on any atom is 0.418 e. The van der Waals surface area contributed by atoms with E-state index in [4.69, 9.17) is 36.4 Å². The Bertz CT molecular complexity index is 1810. The summed E-state index contributed by atoms with van der Waals surface area (Å²) in [5.74, 6) is -0.788. The van der Waals surface area contributed by atoms with Crippen LogP contribution in [0.25, 0.3) is 0 Å². The molecular weight excluding hydrogens is 697 g/mol. The van der Waals surface area contributed by atoms with E-state index in [1.165, 1.54) is 19.2 Å². The molecule has 2 amide bonds. The summed E-state index contributed by atoms with van der Waals surface area (Å²) < 4.78 is 42.0. The molecule has 0 spiro atoms. The zero-order chi connectivity index (χ0) is 36.8. The van der Waals surface area contributed by atoms with E-state index in [2.05, 4.69) is 24.7 Å². The molecular formula is C30H42N8O10S2. The topological polar surface area (TPSA) is 288 Å². The molecule has 10 N–H and O–H groups in total. The van der Waals surface area contributed by atoms with Gasteiger partial charge in [0.25, 0.3) is 11.8 Å². The van der Waals surface area contributed by atoms with Crippen LogP contribution in [0.3, 0.4) is 0 Å². The predicted octanol–water partition coefficient (Wildman–Crippen LogP) is -0.233. The lowest BCUT2D eigenvalue weighted by Gasteiger charge is -2.50. The number of fused-ring (bicyclic) bond motifs is 1. The van der Waals surface area contributed by atoms with Gasteiger partial charge >= 0.3 is 10.4 Å². The van der Waals surface area contributed by atoms with Gasteiger partial charge in [0.15, 0.2) is 16.4 Å². The maximum absolute atomic E-state index is 13.4. The minimum atomic E-state index is -4.98. The number of hydroxylamine groups is 2. The van der Waals surface area contributed by atoms with Crippen molar-refractivity contribution in [1.29, 1.82) is 0 Å². The van der Waals surface area contributed by atoms with Crippen molar-refractivity contribution < 1.29 is 46.6 Å². The van der Waals surface area contributed by atoms with E-state index in [0.717, 1.165) is 22.5 Å². The second-order valence-corrected chi connectivity index (χ2v) is 15.7. The van der Waals surface area contributed by atoms with Gasteiger partial charge in [0, 0.05) is 16.5 Å². The number of amidine groups is 1. The Morgan fingerprint density at radius 1 is 1.32 bits per heavy atom. The lowest BCUT2D eigenvalue weighted by Crippen LogP contribution is -2.76. The van der Waals surface area contributed by atoms with Gasteiger partial charge in [-0.05, 0) is 83.6 Å². The molecule has 18 nitrogen and oxygen atoms in total. The second kappa shape index (κ2) is 13.7. The van der Waals surface area contributed by atoms with E-state index >= 15 is 0 Å². The Labute approximate surface area is 292 Å². The molecule has 1 saturated carbocycles. The van der Waals surface area contributed by atoms with Gasteiger partial charge in [0.05, 0.1) is 24.3 Å². The maximum atomic E-state index is 13.4. The Morgan fingerprint density at radius 3 is 2.62 bits per heavy atom. The molecule has 2 aromatic rings. The van der Waals surface area contributed by atoms with Crippen molar-refractivity contribution in [1.82, 2.24) is 15.4 Å². The van der Waals surface area contributed by atoms with Crippen molar-refractivity contribution in [2.75, 3.05) is 12.3 Å². The summed E-state index contributed by atoms with van der Waals surface area (Å²) in [5, 5.41) is 27.6. The zero-order valence-electron chi connectivity index (χ0n) is 27.9. The highest BCUT2D eigenvalue weighted by Gasteiger charge is 2.58. The number of nitrogens with one attached hydrogen (secondary N) is 1. The van der Waals surface area contributed by atoms with Crippen molar-refractivity contribution >= 4 is 50.2 Å². The highest BCUT2D eigenvalue weighted by atomic mass is 32.3. The van der Waals surface area contributed by atoms with Crippen LogP contribution in [-0.4, -0.2) is 104 Å². The molecule has 0 bridgehead atoms. The van der Waals surface area contributed by atoms with Gasteiger partial charge < -0.3 is 42.3 Å². The number of carbonyl (C=O) groups is 2. The SMILES string of the molecule is CC(C)(O/N=C(\C(=O)N[C@@H]1C(=O)N(OS(=O)(=O)O)C1(C)C)c1csc(N)n1)[C@H]1CCc2cc(C(N)=NC3CC(N)(CC(O)CO)C3)ccc2O1. The molecule has 274 valence electrons. The Morgan fingerprint density at radius 2 is 2.02 bits per heavy atom. The fraction of sp³-hybridized carbons (Fsp3) is 0.567. The summed E-state index contributed by atoms with van der Waals surface area (Å²) in [5.41, 5.74) is 16.9. The van der Waals surface area contributed by atoms with Gasteiger partial charge in [-0.25, -0.2) is 4.98 Å². The number of amides is 2. The Kier molecular flexibility index (Phi) is 10.2. The van der Waals surface area contributed by atoms with Crippen LogP contribution in [0.1, 0.15) is 70.2 Å². The molecule has 2 fully saturated rings. The van der Waals surface area contributed by atoms with Crippen molar-refractivity contribution in [3.05, 3.63) is 40.4 Å². The van der Waals surface area contributed by atoms with E-state index in [9.17, 15) is 23.1 Å². The third kappa shape index (κ3) is 8.01. The second-order valence-electron chi connectivity index (χ2n) is 13.8. The summed E-state index contributed by atoms with van der Waals surface area (Å²) in [6.07, 6.45) is 1.18. The van der Waals surface area contributed by atoms with Crippen molar-refractivity contribution in [2.45, 2.75) is 101 Å². The van der Waals surface area contributed by atoms with Crippen LogP contribution in [0, 0.1) is 0 Å². The number of thiazole rings is 1. The van der Waals surface area contributed by atoms with Crippen LogP contribution in [0.2, 0.25) is 0 Å². The highest BCUT2D eigenvalue weighted by molar-refractivity contribution is 7.80. The normalized spacial score (nSPS) is 25.9. The number of aliphatic hydroxyl groups excluding tert-OH is 2. The number of nitrogens with two attached hydrogens (primary N) is 3. The molecule has 5 rings (SSSR count). The number of nitrogens with zero attached hydrogens (tertiary/aromatic N) is 4. The number of anilines is 1. The van der Waals surface area contributed by atoms with E-state index in [1.54, 1.807) is 26.0 Å². The standard InChI is InChI=1S/C30H42N8O10S2/c1-28(2)23(26(42)38(28)48-50(43,44)45)36-25(41)22(19-14-49-27(32)35-19)37-47-29(3,4)21-8-6-15-9-16(5-7-20(15)46-21)24(31)34-17-10-30(33,11-17)12-18(40)13-39/h5,7,9,14,17-18,21,23,39-40H,6,8,10-13,33H2,1-4H3,(H2,31,34)(H2,32,35)(H,36,41)(H,43,44,45)/b37-22-/t17?,18?,21-,23-,30?/m1/s1. The molecule has 3 heterocycles. The lowest BCUT2D eigenvalue weighted by atomic mass is 9.70. The van der Waals surface area contributed by atoms with Crippen LogP contribution in [0.5, 0.6) is 5.75 Å². The van der Waals surface area contributed by atoms with Crippen LogP contribution in [0.4, 0.5) is 5.13 Å². The van der Waals surface area contributed by atoms with E-state index < -0.39 is 57.1 Å². The van der Waals surface area contributed by atoms with Gasteiger partial charge in [0.1, 0.15) is 29.4 Å². The highest BCUT2D eigenvalue weighted by Crippen LogP contribution is 2.38. The molecule has 0 radical (unpaired) electrons. The molecule has 50 heavy (non-hydrogen) atoms. The number of benzene rings is 1. The van der Waals surface area contributed by atoms with Crippen molar-refractivity contribution in [2.24, 2.45) is 21.6 Å². The molecule has 1 saturated heterocycles. The molecule has 20 heteroatoms. The number of carbonyl (C=O) groups excluding carboxylic acids is 2. The largest absolute Gasteiger partial charge is 0.486 e. The smallest absolute Gasteiger partial charge is 0.418 e. The number of hydrogen-bond donors (Lipinski definition) is 7. The summed E-state index contributed by atoms with van der Waals surface area (Å²) >= 11 is 1.06. The van der Waals surface area contributed by atoms with Gasteiger partial charge in [-0.3, -0.25) is 19.1 Å². The molecule has 3 aliphatic rings. The monoisotopic (exact) mass is 738 g/mol. The van der Waals surface area contributed by atoms with E-state index in [1.807, 2.05) is 6.07 Å². The predicted molar refractivity (Wildman–Crippen MR) is 181 cm³/mol. The number of nitrogen functional groups attached to an aromatic ring is 1. The van der Waals surface area contributed by atoms with Gasteiger partial charge in [-0.15, -0.1) is 15.6 Å². The summed E-state index contributed by atoms with van der Waals surface area (Å²) in [7, 11) is -4.98. The molecule has 1 unspecified atom stereocenters. The molecule has 3 atom stereocenters. The van der Waals surface area contributed by atoms with Gasteiger partial charge in [0.2, 0.25) is 0 Å².